The molecule has 2 atom stereocenters. The molecule has 0 saturated carbocycles. The summed E-state index contributed by atoms with van der Waals surface area (Å²) in [5, 5.41) is 7.72. The Morgan fingerprint density at radius 1 is 1.56 bits per heavy atom. The van der Waals surface area contributed by atoms with Crippen molar-refractivity contribution in [3.8, 4) is 0 Å². The van der Waals surface area contributed by atoms with Crippen LogP contribution in [0.2, 0.25) is 0 Å². The number of nitrogens with zero attached hydrogens (tertiary/aromatic N) is 3. The zero-order valence-corrected chi connectivity index (χ0v) is 10.0. The van der Waals surface area contributed by atoms with E-state index in [1.807, 2.05) is 6.92 Å². The van der Waals surface area contributed by atoms with Crippen LogP contribution in [0.15, 0.2) is 4.63 Å². The van der Waals surface area contributed by atoms with Gasteiger partial charge in [-0.25, -0.2) is 4.63 Å². The molecule has 1 saturated heterocycles. The zero-order valence-electron chi connectivity index (χ0n) is 10.0. The second-order valence-electron chi connectivity index (χ2n) is 4.79. The Morgan fingerprint density at radius 3 is 3.00 bits per heavy atom. The Bertz CT molecular complexity index is 336. The van der Waals surface area contributed by atoms with E-state index in [9.17, 15) is 0 Å². The lowest BCUT2D eigenvalue weighted by atomic mass is 9.92. The number of rotatable bonds is 3. The first-order chi connectivity index (χ1) is 7.66. The molecule has 5 heteroatoms. The minimum Gasteiger partial charge on any atom is -0.328 e. The molecule has 2 heterocycles. The van der Waals surface area contributed by atoms with Gasteiger partial charge in [0.25, 0.3) is 0 Å². The third-order valence-corrected chi connectivity index (χ3v) is 3.41. The molecule has 1 aliphatic rings. The molecule has 0 aliphatic carbocycles. The predicted octanol–water partition coefficient (Wildman–Crippen LogP) is 0.937. The lowest BCUT2D eigenvalue weighted by molar-refractivity contribution is 0.150. The number of piperidine rings is 1. The van der Waals surface area contributed by atoms with E-state index in [0.29, 0.717) is 5.92 Å². The van der Waals surface area contributed by atoms with Gasteiger partial charge in [0.05, 0.1) is 0 Å². The highest BCUT2D eigenvalue weighted by molar-refractivity contribution is 5.04. The van der Waals surface area contributed by atoms with Crippen LogP contribution in [-0.2, 0) is 6.54 Å². The Hall–Kier alpha value is -0.940. The van der Waals surface area contributed by atoms with Crippen LogP contribution in [0.5, 0.6) is 0 Å². The summed E-state index contributed by atoms with van der Waals surface area (Å²) in [7, 11) is 0. The fourth-order valence-electron chi connectivity index (χ4n) is 2.27. The van der Waals surface area contributed by atoms with Gasteiger partial charge in [0.1, 0.15) is 11.4 Å². The van der Waals surface area contributed by atoms with Gasteiger partial charge in [-0.3, -0.25) is 4.90 Å². The standard InChI is InChI=1S/C11H20N4O/c1-8(12)10-4-3-5-15(6-10)7-11-9(2)13-16-14-11/h8,10H,3-7,12H2,1-2H3. The summed E-state index contributed by atoms with van der Waals surface area (Å²) in [4.78, 5) is 2.39. The number of hydrogen-bond acceptors (Lipinski definition) is 5. The summed E-state index contributed by atoms with van der Waals surface area (Å²) in [6, 6.07) is 0.277. The number of hydrogen-bond donors (Lipinski definition) is 1. The van der Waals surface area contributed by atoms with Gasteiger partial charge in [-0.2, -0.15) is 0 Å². The Labute approximate surface area is 95.9 Å². The Balaban J connectivity index is 1.93. The Kier molecular flexibility index (Phi) is 3.56. The van der Waals surface area contributed by atoms with E-state index in [1.54, 1.807) is 0 Å². The molecule has 90 valence electrons. The van der Waals surface area contributed by atoms with Crippen molar-refractivity contribution in [1.29, 1.82) is 0 Å². The number of likely N-dealkylation sites (tertiary alicyclic amines) is 1. The average molecular weight is 224 g/mol. The summed E-state index contributed by atoms with van der Waals surface area (Å²) >= 11 is 0. The second-order valence-corrected chi connectivity index (χ2v) is 4.79. The summed E-state index contributed by atoms with van der Waals surface area (Å²) in [5.74, 6) is 0.605. The van der Waals surface area contributed by atoms with Crippen LogP contribution in [0.1, 0.15) is 31.2 Å². The maximum absolute atomic E-state index is 5.96. The third kappa shape index (κ3) is 2.59. The molecule has 5 nitrogen and oxygen atoms in total. The van der Waals surface area contributed by atoms with Gasteiger partial charge in [0.2, 0.25) is 0 Å². The lowest BCUT2D eigenvalue weighted by Crippen LogP contribution is -2.42. The summed E-state index contributed by atoms with van der Waals surface area (Å²) in [6.45, 7) is 7.04. The number of aromatic nitrogens is 2. The van der Waals surface area contributed by atoms with Gasteiger partial charge >= 0.3 is 0 Å². The molecule has 0 radical (unpaired) electrons. The molecule has 1 aromatic rings. The number of aryl methyl sites for hydroxylation is 1. The van der Waals surface area contributed by atoms with E-state index < -0.39 is 0 Å². The van der Waals surface area contributed by atoms with Crippen molar-refractivity contribution in [3.63, 3.8) is 0 Å². The molecule has 16 heavy (non-hydrogen) atoms. The van der Waals surface area contributed by atoms with Crippen LogP contribution in [0.3, 0.4) is 0 Å². The molecular formula is C11H20N4O. The SMILES string of the molecule is Cc1nonc1CN1CCCC(C(C)N)C1. The highest BCUT2D eigenvalue weighted by Gasteiger charge is 2.23. The van der Waals surface area contributed by atoms with Crippen LogP contribution in [0.25, 0.3) is 0 Å². The normalized spacial score (nSPS) is 24.6. The smallest absolute Gasteiger partial charge is 0.122 e. The summed E-state index contributed by atoms with van der Waals surface area (Å²) < 4.78 is 4.71. The third-order valence-electron chi connectivity index (χ3n) is 3.41. The van der Waals surface area contributed by atoms with E-state index in [4.69, 9.17) is 10.4 Å². The summed E-state index contributed by atoms with van der Waals surface area (Å²) in [5.41, 5.74) is 7.80. The zero-order chi connectivity index (χ0) is 11.5. The Morgan fingerprint density at radius 2 is 2.38 bits per heavy atom. The van der Waals surface area contributed by atoms with Crippen molar-refractivity contribution in [2.75, 3.05) is 13.1 Å². The van der Waals surface area contributed by atoms with Gasteiger partial charge < -0.3 is 5.73 Å². The van der Waals surface area contributed by atoms with E-state index in [2.05, 4.69) is 22.1 Å². The quantitative estimate of drug-likeness (QED) is 0.827. The first-order valence-corrected chi connectivity index (χ1v) is 5.93. The monoisotopic (exact) mass is 224 g/mol. The first kappa shape index (κ1) is 11.5. The van der Waals surface area contributed by atoms with Gasteiger partial charge in [-0.1, -0.05) is 10.3 Å². The van der Waals surface area contributed by atoms with E-state index in [-0.39, 0.29) is 6.04 Å². The highest BCUT2D eigenvalue weighted by Crippen LogP contribution is 2.20. The van der Waals surface area contributed by atoms with Crippen molar-refractivity contribution in [1.82, 2.24) is 15.2 Å². The molecule has 2 unspecified atom stereocenters. The number of nitrogens with two attached hydrogens (primary N) is 1. The molecule has 1 fully saturated rings. The van der Waals surface area contributed by atoms with Gasteiger partial charge in [-0.15, -0.1) is 0 Å². The van der Waals surface area contributed by atoms with Crippen LogP contribution in [-0.4, -0.2) is 34.3 Å². The maximum atomic E-state index is 5.96. The van der Waals surface area contributed by atoms with Gasteiger partial charge in [0, 0.05) is 19.1 Å². The molecule has 1 aliphatic heterocycles. The lowest BCUT2D eigenvalue weighted by Gasteiger charge is -2.34. The summed E-state index contributed by atoms with van der Waals surface area (Å²) in [6.07, 6.45) is 2.46. The minimum atomic E-state index is 0.277. The van der Waals surface area contributed by atoms with E-state index in [0.717, 1.165) is 31.0 Å². The van der Waals surface area contributed by atoms with E-state index >= 15 is 0 Å². The topological polar surface area (TPSA) is 68.2 Å². The predicted molar refractivity (Wildman–Crippen MR) is 60.7 cm³/mol. The van der Waals surface area contributed by atoms with Crippen molar-refractivity contribution in [3.05, 3.63) is 11.4 Å². The van der Waals surface area contributed by atoms with Gasteiger partial charge in [-0.05, 0) is 39.2 Å². The molecule has 0 amide bonds. The van der Waals surface area contributed by atoms with Crippen molar-refractivity contribution >= 4 is 0 Å². The molecule has 2 rings (SSSR count). The molecule has 1 aromatic heterocycles. The average Bonchev–Trinajstić information content (AvgIpc) is 2.65. The first-order valence-electron chi connectivity index (χ1n) is 5.93. The van der Waals surface area contributed by atoms with Crippen molar-refractivity contribution in [2.24, 2.45) is 11.7 Å². The molecule has 0 aromatic carbocycles. The van der Waals surface area contributed by atoms with Crippen molar-refractivity contribution in [2.45, 2.75) is 39.3 Å². The van der Waals surface area contributed by atoms with E-state index in [1.165, 1.54) is 12.8 Å². The second kappa shape index (κ2) is 4.93. The minimum absolute atomic E-state index is 0.277. The van der Waals surface area contributed by atoms with Crippen LogP contribution in [0.4, 0.5) is 0 Å². The van der Waals surface area contributed by atoms with Crippen molar-refractivity contribution < 1.29 is 4.63 Å². The van der Waals surface area contributed by atoms with Crippen LogP contribution >= 0.6 is 0 Å². The fraction of sp³-hybridized carbons (Fsp3) is 0.818. The highest BCUT2D eigenvalue weighted by atomic mass is 16.6. The molecule has 0 spiro atoms. The molecule has 2 N–H and O–H groups in total. The maximum Gasteiger partial charge on any atom is 0.122 e. The van der Waals surface area contributed by atoms with Crippen LogP contribution < -0.4 is 5.73 Å². The largest absolute Gasteiger partial charge is 0.328 e. The fourth-order valence-corrected chi connectivity index (χ4v) is 2.27. The van der Waals surface area contributed by atoms with Crippen LogP contribution in [0, 0.1) is 12.8 Å². The van der Waals surface area contributed by atoms with Gasteiger partial charge in [0.15, 0.2) is 0 Å². The molecule has 0 bridgehead atoms. The molecular weight excluding hydrogens is 204 g/mol.